The molecule has 1 unspecified atom stereocenters. The van der Waals surface area contributed by atoms with Crippen molar-refractivity contribution in [2.75, 3.05) is 7.05 Å². The van der Waals surface area contributed by atoms with Crippen molar-refractivity contribution in [3.63, 3.8) is 0 Å². The Morgan fingerprint density at radius 3 is 2.61 bits per heavy atom. The Balaban J connectivity index is 2.49. The van der Waals surface area contributed by atoms with Crippen molar-refractivity contribution in [2.45, 2.75) is 38.1 Å². The van der Waals surface area contributed by atoms with Gasteiger partial charge in [-0.2, -0.15) is 0 Å². The van der Waals surface area contributed by atoms with E-state index in [4.69, 9.17) is 0 Å². The SMILES string of the molecule is C=CCCCCCC(NC)c1ccc(F)c(F)c1. The summed E-state index contributed by atoms with van der Waals surface area (Å²) in [5.74, 6) is -1.57. The number of benzene rings is 1. The Kier molecular flexibility index (Phi) is 6.58. The molecule has 0 spiro atoms. The molecule has 1 aromatic rings. The van der Waals surface area contributed by atoms with E-state index in [-0.39, 0.29) is 6.04 Å². The summed E-state index contributed by atoms with van der Waals surface area (Å²) in [4.78, 5) is 0. The maximum Gasteiger partial charge on any atom is 0.159 e. The molecule has 0 saturated carbocycles. The maximum absolute atomic E-state index is 13.2. The quantitative estimate of drug-likeness (QED) is 0.536. The second-order valence-electron chi connectivity index (χ2n) is 4.44. The molecule has 0 aliphatic carbocycles. The van der Waals surface area contributed by atoms with Crippen LogP contribution in [0.4, 0.5) is 8.78 Å². The minimum absolute atomic E-state index is 0.0869. The van der Waals surface area contributed by atoms with Gasteiger partial charge in [-0.05, 0) is 44.0 Å². The fourth-order valence-electron chi connectivity index (χ4n) is 2.02. The van der Waals surface area contributed by atoms with Gasteiger partial charge in [-0.1, -0.05) is 25.0 Å². The van der Waals surface area contributed by atoms with Crippen LogP contribution in [0.1, 0.15) is 43.7 Å². The van der Waals surface area contributed by atoms with Crippen molar-refractivity contribution >= 4 is 0 Å². The molecule has 1 atom stereocenters. The first kappa shape index (κ1) is 14.8. The van der Waals surface area contributed by atoms with Gasteiger partial charge < -0.3 is 5.32 Å². The first-order valence-electron chi connectivity index (χ1n) is 6.42. The van der Waals surface area contributed by atoms with Crippen molar-refractivity contribution < 1.29 is 8.78 Å². The highest BCUT2D eigenvalue weighted by Gasteiger charge is 2.11. The predicted octanol–water partition coefficient (Wildman–Crippen LogP) is 4.36. The number of hydrogen-bond acceptors (Lipinski definition) is 1. The van der Waals surface area contributed by atoms with Gasteiger partial charge in [-0.15, -0.1) is 6.58 Å². The van der Waals surface area contributed by atoms with E-state index in [9.17, 15) is 8.78 Å². The first-order valence-corrected chi connectivity index (χ1v) is 6.42. The topological polar surface area (TPSA) is 12.0 Å². The van der Waals surface area contributed by atoms with Gasteiger partial charge in [0.1, 0.15) is 0 Å². The van der Waals surface area contributed by atoms with E-state index in [2.05, 4.69) is 11.9 Å². The normalized spacial score (nSPS) is 12.4. The number of hydrogen-bond donors (Lipinski definition) is 1. The molecule has 100 valence electrons. The molecule has 1 N–H and O–H groups in total. The van der Waals surface area contributed by atoms with E-state index >= 15 is 0 Å². The average molecular weight is 253 g/mol. The van der Waals surface area contributed by atoms with Crippen LogP contribution >= 0.6 is 0 Å². The molecule has 1 aromatic carbocycles. The molecule has 0 aliphatic heterocycles. The van der Waals surface area contributed by atoms with E-state index in [1.165, 1.54) is 12.1 Å². The number of allylic oxidation sites excluding steroid dienone is 1. The molecule has 0 saturated heterocycles. The summed E-state index contributed by atoms with van der Waals surface area (Å²) in [5, 5.41) is 3.15. The highest BCUT2D eigenvalue weighted by atomic mass is 19.2. The molecule has 0 radical (unpaired) electrons. The third-order valence-electron chi connectivity index (χ3n) is 3.10. The van der Waals surface area contributed by atoms with E-state index in [0.29, 0.717) is 0 Å². The number of halogens is 2. The Bertz CT molecular complexity index is 377. The Labute approximate surface area is 108 Å². The molecule has 0 aliphatic rings. The Hall–Kier alpha value is -1.22. The van der Waals surface area contributed by atoms with Crippen molar-refractivity contribution in [1.29, 1.82) is 0 Å². The minimum atomic E-state index is -0.792. The Morgan fingerprint density at radius 1 is 1.22 bits per heavy atom. The molecule has 3 heteroatoms. The van der Waals surface area contributed by atoms with Gasteiger partial charge in [0.05, 0.1) is 0 Å². The van der Waals surface area contributed by atoms with E-state index in [1.54, 1.807) is 6.07 Å². The lowest BCUT2D eigenvalue weighted by Gasteiger charge is -2.16. The van der Waals surface area contributed by atoms with E-state index in [0.717, 1.165) is 37.7 Å². The van der Waals surface area contributed by atoms with E-state index in [1.807, 2.05) is 13.1 Å². The Morgan fingerprint density at radius 2 is 2.00 bits per heavy atom. The van der Waals surface area contributed by atoms with Crippen LogP contribution in [0.25, 0.3) is 0 Å². The molecule has 0 fully saturated rings. The van der Waals surface area contributed by atoms with Crippen LogP contribution in [0.15, 0.2) is 30.9 Å². The second kappa shape index (κ2) is 7.98. The summed E-state index contributed by atoms with van der Waals surface area (Å²) in [6.07, 6.45) is 7.23. The van der Waals surface area contributed by atoms with Crippen LogP contribution < -0.4 is 5.32 Å². The summed E-state index contributed by atoms with van der Waals surface area (Å²) >= 11 is 0. The molecular weight excluding hydrogens is 232 g/mol. The average Bonchev–Trinajstić information content (AvgIpc) is 2.37. The first-order chi connectivity index (χ1) is 8.69. The summed E-state index contributed by atoms with van der Waals surface area (Å²) in [6.45, 7) is 3.69. The van der Waals surface area contributed by atoms with Gasteiger partial charge in [-0.3, -0.25) is 0 Å². The molecule has 0 aromatic heterocycles. The highest BCUT2D eigenvalue weighted by molar-refractivity contribution is 5.21. The van der Waals surface area contributed by atoms with Crippen LogP contribution in [0.5, 0.6) is 0 Å². The lowest BCUT2D eigenvalue weighted by atomic mass is 10.00. The lowest BCUT2D eigenvalue weighted by molar-refractivity contribution is 0.486. The lowest BCUT2D eigenvalue weighted by Crippen LogP contribution is -2.16. The third-order valence-corrected chi connectivity index (χ3v) is 3.10. The molecule has 1 nitrogen and oxygen atoms in total. The molecule has 0 heterocycles. The molecule has 18 heavy (non-hydrogen) atoms. The van der Waals surface area contributed by atoms with Gasteiger partial charge in [0.25, 0.3) is 0 Å². The number of rotatable bonds is 8. The van der Waals surface area contributed by atoms with Crippen LogP contribution in [-0.4, -0.2) is 7.05 Å². The highest BCUT2D eigenvalue weighted by Crippen LogP contribution is 2.21. The van der Waals surface area contributed by atoms with Crippen LogP contribution in [-0.2, 0) is 0 Å². The van der Waals surface area contributed by atoms with Crippen LogP contribution in [0.2, 0.25) is 0 Å². The molecular formula is C15H21F2N. The third kappa shape index (κ3) is 4.57. The minimum Gasteiger partial charge on any atom is -0.313 e. The zero-order chi connectivity index (χ0) is 13.4. The van der Waals surface area contributed by atoms with Crippen molar-refractivity contribution in [2.24, 2.45) is 0 Å². The van der Waals surface area contributed by atoms with E-state index < -0.39 is 11.6 Å². The smallest absolute Gasteiger partial charge is 0.159 e. The van der Waals surface area contributed by atoms with Gasteiger partial charge >= 0.3 is 0 Å². The second-order valence-corrected chi connectivity index (χ2v) is 4.44. The summed E-state index contributed by atoms with van der Waals surface area (Å²) < 4.78 is 26.0. The molecule has 1 rings (SSSR count). The zero-order valence-electron chi connectivity index (χ0n) is 10.9. The predicted molar refractivity (Wildman–Crippen MR) is 71.4 cm³/mol. The van der Waals surface area contributed by atoms with Crippen molar-refractivity contribution in [1.82, 2.24) is 5.32 Å². The van der Waals surface area contributed by atoms with Gasteiger partial charge in [-0.25, -0.2) is 8.78 Å². The van der Waals surface area contributed by atoms with Gasteiger partial charge in [0, 0.05) is 6.04 Å². The van der Waals surface area contributed by atoms with Gasteiger partial charge in [0.2, 0.25) is 0 Å². The van der Waals surface area contributed by atoms with Crippen LogP contribution in [0.3, 0.4) is 0 Å². The summed E-state index contributed by atoms with van der Waals surface area (Å²) in [5.41, 5.74) is 0.806. The zero-order valence-corrected chi connectivity index (χ0v) is 10.9. The summed E-state index contributed by atoms with van der Waals surface area (Å²) in [6, 6.07) is 4.19. The van der Waals surface area contributed by atoms with Gasteiger partial charge in [0.15, 0.2) is 11.6 Å². The monoisotopic (exact) mass is 253 g/mol. The molecule has 0 bridgehead atoms. The number of unbranched alkanes of at least 4 members (excludes halogenated alkanes) is 3. The van der Waals surface area contributed by atoms with Crippen molar-refractivity contribution in [3.8, 4) is 0 Å². The van der Waals surface area contributed by atoms with Crippen LogP contribution in [0, 0.1) is 11.6 Å². The van der Waals surface area contributed by atoms with Crippen molar-refractivity contribution in [3.05, 3.63) is 48.1 Å². The fraction of sp³-hybridized carbons (Fsp3) is 0.467. The maximum atomic E-state index is 13.2. The standard InChI is InChI=1S/C15H21F2N/c1-3-4-5-6-7-8-15(18-2)12-9-10-13(16)14(17)11-12/h3,9-11,15,18H,1,4-8H2,2H3. The fourth-order valence-corrected chi connectivity index (χ4v) is 2.02. The molecule has 0 amide bonds. The largest absolute Gasteiger partial charge is 0.313 e. The summed E-state index contributed by atoms with van der Waals surface area (Å²) in [7, 11) is 1.84. The number of nitrogens with one attached hydrogen (secondary N) is 1.